The Balaban J connectivity index is 2.33. The summed E-state index contributed by atoms with van der Waals surface area (Å²) in [6, 6.07) is 1.33. The summed E-state index contributed by atoms with van der Waals surface area (Å²) in [6.45, 7) is 3.71. The molecule has 0 aliphatic carbocycles. The molecular formula is C15H17FN4OS. The second-order valence-electron chi connectivity index (χ2n) is 4.61. The summed E-state index contributed by atoms with van der Waals surface area (Å²) in [6.07, 6.45) is 8.27. The van der Waals surface area contributed by atoms with Crippen LogP contribution < -0.4 is 4.90 Å². The van der Waals surface area contributed by atoms with Crippen molar-refractivity contribution < 1.29 is 9.18 Å². The number of rotatable bonds is 6. The van der Waals surface area contributed by atoms with E-state index in [1.807, 2.05) is 6.26 Å². The SMILES string of the molecule is C=Cc1nn(-c2cncc(F)c2)cc1N(C)C(=O)CCSC. The Hall–Kier alpha value is -2.15. The van der Waals surface area contributed by atoms with Crippen LogP contribution >= 0.6 is 11.8 Å². The Morgan fingerprint density at radius 3 is 2.95 bits per heavy atom. The van der Waals surface area contributed by atoms with Gasteiger partial charge in [-0.25, -0.2) is 9.07 Å². The fraction of sp³-hybridized carbons (Fsp3) is 0.267. The summed E-state index contributed by atoms with van der Waals surface area (Å²) in [5, 5.41) is 4.32. The van der Waals surface area contributed by atoms with E-state index < -0.39 is 5.82 Å². The van der Waals surface area contributed by atoms with Crippen molar-refractivity contribution in [2.75, 3.05) is 24.0 Å². The molecule has 116 valence electrons. The van der Waals surface area contributed by atoms with E-state index in [-0.39, 0.29) is 5.91 Å². The van der Waals surface area contributed by atoms with Crippen molar-refractivity contribution in [2.45, 2.75) is 6.42 Å². The van der Waals surface area contributed by atoms with E-state index in [1.54, 1.807) is 36.0 Å². The Morgan fingerprint density at radius 2 is 2.32 bits per heavy atom. The molecule has 0 aromatic carbocycles. The highest BCUT2D eigenvalue weighted by Crippen LogP contribution is 2.22. The van der Waals surface area contributed by atoms with Gasteiger partial charge in [0.1, 0.15) is 11.5 Å². The number of nitrogens with zero attached hydrogens (tertiary/aromatic N) is 4. The number of hydrogen-bond acceptors (Lipinski definition) is 4. The molecule has 2 aromatic heterocycles. The summed E-state index contributed by atoms with van der Waals surface area (Å²) in [5.41, 5.74) is 1.67. The van der Waals surface area contributed by atoms with E-state index in [4.69, 9.17) is 0 Å². The topological polar surface area (TPSA) is 51.0 Å². The van der Waals surface area contributed by atoms with Crippen molar-refractivity contribution in [3.05, 3.63) is 42.7 Å². The van der Waals surface area contributed by atoms with Crippen LogP contribution in [-0.4, -0.2) is 39.7 Å². The van der Waals surface area contributed by atoms with Gasteiger partial charge in [0.15, 0.2) is 0 Å². The molecular weight excluding hydrogens is 303 g/mol. The van der Waals surface area contributed by atoms with Crippen molar-refractivity contribution in [1.29, 1.82) is 0 Å². The number of carbonyl (C=O) groups is 1. The van der Waals surface area contributed by atoms with Crippen LogP contribution in [0.2, 0.25) is 0 Å². The molecule has 0 atom stereocenters. The first kappa shape index (κ1) is 16.2. The van der Waals surface area contributed by atoms with Gasteiger partial charge in [-0.1, -0.05) is 6.58 Å². The molecule has 0 fully saturated rings. The van der Waals surface area contributed by atoms with Crippen molar-refractivity contribution in [3.8, 4) is 5.69 Å². The Labute approximate surface area is 132 Å². The van der Waals surface area contributed by atoms with Crippen molar-refractivity contribution in [3.63, 3.8) is 0 Å². The summed E-state index contributed by atoms with van der Waals surface area (Å²) in [7, 11) is 1.70. The Kier molecular flexibility index (Phi) is 5.32. The Morgan fingerprint density at radius 1 is 1.55 bits per heavy atom. The third kappa shape index (κ3) is 3.54. The molecule has 1 amide bonds. The van der Waals surface area contributed by atoms with Gasteiger partial charge in [-0.3, -0.25) is 9.78 Å². The maximum absolute atomic E-state index is 13.3. The first-order valence-corrected chi connectivity index (χ1v) is 8.04. The van der Waals surface area contributed by atoms with Crippen LogP contribution in [0.1, 0.15) is 12.1 Å². The number of anilines is 1. The van der Waals surface area contributed by atoms with E-state index in [1.165, 1.54) is 16.9 Å². The van der Waals surface area contributed by atoms with Crippen molar-refractivity contribution >= 4 is 29.4 Å². The predicted molar refractivity (Wildman–Crippen MR) is 87.8 cm³/mol. The lowest BCUT2D eigenvalue weighted by atomic mass is 10.3. The molecule has 2 aromatic rings. The maximum Gasteiger partial charge on any atom is 0.227 e. The van der Waals surface area contributed by atoms with E-state index in [2.05, 4.69) is 16.7 Å². The van der Waals surface area contributed by atoms with E-state index in [0.29, 0.717) is 23.5 Å². The van der Waals surface area contributed by atoms with Crippen LogP contribution in [0, 0.1) is 5.82 Å². The van der Waals surface area contributed by atoms with Crippen LogP contribution in [0.15, 0.2) is 31.2 Å². The number of halogens is 1. The average molecular weight is 320 g/mol. The third-order valence-corrected chi connectivity index (χ3v) is 3.74. The monoisotopic (exact) mass is 320 g/mol. The third-order valence-electron chi connectivity index (χ3n) is 3.13. The zero-order chi connectivity index (χ0) is 16.1. The minimum Gasteiger partial charge on any atom is -0.312 e. The first-order valence-electron chi connectivity index (χ1n) is 6.65. The molecule has 0 saturated carbocycles. The molecule has 5 nitrogen and oxygen atoms in total. The van der Waals surface area contributed by atoms with Crippen molar-refractivity contribution in [2.24, 2.45) is 0 Å². The van der Waals surface area contributed by atoms with Gasteiger partial charge >= 0.3 is 0 Å². The summed E-state index contributed by atoms with van der Waals surface area (Å²) in [5.74, 6) is 0.308. The molecule has 7 heteroatoms. The normalized spacial score (nSPS) is 10.5. The molecule has 2 heterocycles. The number of hydrogen-bond donors (Lipinski definition) is 0. The van der Waals surface area contributed by atoms with Gasteiger partial charge in [-0.05, 0) is 12.3 Å². The van der Waals surface area contributed by atoms with Crippen LogP contribution in [0.5, 0.6) is 0 Å². The standard InChI is InChI=1S/C15H17FN4OS/c1-4-13-14(19(2)15(21)5-6-22-3)10-20(18-13)12-7-11(16)8-17-9-12/h4,7-10H,1,5-6H2,2-3H3. The lowest BCUT2D eigenvalue weighted by Gasteiger charge is -2.15. The zero-order valence-corrected chi connectivity index (χ0v) is 13.3. The van der Waals surface area contributed by atoms with Crippen LogP contribution in [0.3, 0.4) is 0 Å². The molecule has 22 heavy (non-hydrogen) atoms. The molecule has 0 N–H and O–H groups in total. The fourth-order valence-corrected chi connectivity index (χ4v) is 2.31. The van der Waals surface area contributed by atoms with Crippen LogP contribution in [-0.2, 0) is 4.79 Å². The Bertz CT molecular complexity index is 686. The molecule has 0 unspecified atom stereocenters. The zero-order valence-electron chi connectivity index (χ0n) is 12.5. The van der Waals surface area contributed by atoms with Gasteiger partial charge in [0, 0.05) is 25.3 Å². The van der Waals surface area contributed by atoms with Crippen LogP contribution in [0.25, 0.3) is 11.8 Å². The highest BCUT2D eigenvalue weighted by atomic mass is 32.2. The number of thioether (sulfide) groups is 1. The summed E-state index contributed by atoms with van der Waals surface area (Å²) in [4.78, 5) is 17.5. The molecule has 0 saturated heterocycles. The number of carbonyl (C=O) groups excluding carboxylic acids is 1. The minimum absolute atomic E-state index is 0.00522. The van der Waals surface area contributed by atoms with Gasteiger partial charge < -0.3 is 4.90 Å². The molecule has 0 radical (unpaired) electrons. The quantitative estimate of drug-likeness (QED) is 0.821. The summed E-state index contributed by atoms with van der Waals surface area (Å²) >= 11 is 1.62. The van der Waals surface area contributed by atoms with Gasteiger partial charge in [-0.15, -0.1) is 0 Å². The van der Waals surface area contributed by atoms with Gasteiger partial charge in [0.05, 0.1) is 30.0 Å². The molecule has 0 spiro atoms. The molecule has 2 rings (SSSR count). The molecule has 0 bridgehead atoms. The second-order valence-corrected chi connectivity index (χ2v) is 5.59. The summed E-state index contributed by atoms with van der Waals surface area (Å²) < 4.78 is 14.8. The largest absolute Gasteiger partial charge is 0.312 e. The maximum atomic E-state index is 13.3. The lowest BCUT2D eigenvalue weighted by Crippen LogP contribution is -2.26. The first-order chi connectivity index (χ1) is 10.6. The van der Waals surface area contributed by atoms with Gasteiger partial charge in [0.2, 0.25) is 5.91 Å². The number of amides is 1. The van der Waals surface area contributed by atoms with E-state index >= 15 is 0 Å². The van der Waals surface area contributed by atoms with Gasteiger partial charge in [-0.2, -0.15) is 16.9 Å². The van der Waals surface area contributed by atoms with Crippen LogP contribution in [0.4, 0.5) is 10.1 Å². The fourth-order valence-electron chi connectivity index (χ4n) is 1.93. The van der Waals surface area contributed by atoms with E-state index in [0.717, 1.165) is 11.9 Å². The van der Waals surface area contributed by atoms with Crippen molar-refractivity contribution in [1.82, 2.24) is 14.8 Å². The lowest BCUT2D eigenvalue weighted by molar-refractivity contribution is -0.117. The second kappa shape index (κ2) is 7.22. The number of aromatic nitrogens is 3. The predicted octanol–water partition coefficient (Wildman–Crippen LogP) is 2.77. The molecule has 0 aliphatic heterocycles. The average Bonchev–Trinajstić information content (AvgIpc) is 2.96. The van der Waals surface area contributed by atoms with E-state index in [9.17, 15) is 9.18 Å². The number of pyridine rings is 1. The van der Waals surface area contributed by atoms with Gasteiger partial charge in [0.25, 0.3) is 0 Å². The molecule has 0 aliphatic rings. The minimum atomic E-state index is -0.445. The highest BCUT2D eigenvalue weighted by Gasteiger charge is 2.17. The smallest absolute Gasteiger partial charge is 0.227 e. The highest BCUT2D eigenvalue weighted by molar-refractivity contribution is 7.98.